The molecule has 6 rings (SSSR count). The smallest absolute Gasteiger partial charge is 0.290 e. The highest BCUT2D eigenvalue weighted by molar-refractivity contribution is 7.91. The monoisotopic (exact) mass is 606 g/mol. The number of aromatic nitrogens is 6. The maximum absolute atomic E-state index is 14.1. The molecule has 3 heterocycles. The minimum Gasteiger partial charge on any atom is -0.290 e. The molecule has 1 saturated carbocycles. The number of hydrogen-bond donors (Lipinski definition) is 0. The first-order valence-electron chi connectivity index (χ1n) is 12.6. The summed E-state index contributed by atoms with van der Waals surface area (Å²) in [5.74, 6) is -1.79. The number of ketones is 1. The van der Waals surface area contributed by atoms with Gasteiger partial charge in [-0.25, -0.2) is 27.5 Å². The second-order valence-corrected chi connectivity index (χ2v) is 13.3. The van der Waals surface area contributed by atoms with Crippen molar-refractivity contribution in [2.45, 2.75) is 37.0 Å². The molecule has 9 nitrogen and oxygen atoms in total. The third-order valence-electron chi connectivity index (χ3n) is 7.56. The molecule has 0 spiro atoms. The van der Waals surface area contributed by atoms with E-state index in [1.54, 1.807) is 36.1 Å². The molecule has 0 saturated heterocycles. The molecule has 2 atom stereocenters. The lowest BCUT2D eigenvalue weighted by atomic mass is 9.60. The molecule has 1 fully saturated rings. The first-order valence-corrected chi connectivity index (χ1v) is 15.0. The van der Waals surface area contributed by atoms with Crippen molar-refractivity contribution in [2.24, 2.45) is 18.4 Å². The van der Waals surface area contributed by atoms with Crippen molar-refractivity contribution in [2.75, 3.05) is 5.75 Å². The van der Waals surface area contributed by atoms with Crippen LogP contribution in [0.5, 0.6) is 0 Å². The van der Waals surface area contributed by atoms with E-state index in [2.05, 4.69) is 20.2 Å². The van der Waals surface area contributed by atoms with Gasteiger partial charge >= 0.3 is 6.18 Å². The lowest BCUT2D eigenvalue weighted by Gasteiger charge is -2.43. The average Bonchev–Trinajstić information content (AvgIpc) is 3.67. The van der Waals surface area contributed by atoms with Crippen LogP contribution in [0.2, 0.25) is 0 Å². The number of nitrogens with zero attached hydrogens (tertiary/aromatic N) is 6. The fraction of sp³-hybridized carbons (Fsp3) is 0.346. The highest BCUT2D eigenvalue weighted by atomic mass is 32.2. The quantitative estimate of drug-likeness (QED) is 0.231. The van der Waals surface area contributed by atoms with E-state index in [4.69, 9.17) is 0 Å². The van der Waals surface area contributed by atoms with Crippen LogP contribution in [0, 0.1) is 17.2 Å². The number of alkyl halides is 3. The normalized spacial score (nSPS) is 20.8. The minimum absolute atomic E-state index is 0.0891. The van der Waals surface area contributed by atoms with E-state index in [1.807, 2.05) is 0 Å². The van der Waals surface area contributed by atoms with Gasteiger partial charge in [-0.05, 0) is 67.5 Å². The van der Waals surface area contributed by atoms with Gasteiger partial charge < -0.3 is 0 Å². The largest absolute Gasteiger partial charge is 0.427 e. The summed E-state index contributed by atoms with van der Waals surface area (Å²) in [6.07, 6.45) is 1.61. The van der Waals surface area contributed by atoms with Crippen molar-refractivity contribution in [3.8, 4) is 5.69 Å². The third kappa shape index (κ3) is 4.90. The van der Waals surface area contributed by atoms with Crippen LogP contribution in [0.4, 0.5) is 17.6 Å². The van der Waals surface area contributed by atoms with Crippen LogP contribution in [0.15, 0.2) is 53.7 Å². The summed E-state index contributed by atoms with van der Waals surface area (Å²) >= 11 is 0.281. The molecule has 0 radical (unpaired) electrons. The molecular weight excluding hydrogens is 584 g/mol. The van der Waals surface area contributed by atoms with Crippen LogP contribution in [-0.2, 0) is 29.5 Å². The van der Waals surface area contributed by atoms with Crippen molar-refractivity contribution in [1.82, 2.24) is 29.5 Å². The zero-order chi connectivity index (χ0) is 29.2. The molecule has 41 heavy (non-hydrogen) atoms. The van der Waals surface area contributed by atoms with Gasteiger partial charge in [0.15, 0.2) is 5.01 Å². The van der Waals surface area contributed by atoms with E-state index < -0.39 is 43.8 Å². The van der Waals surface area contributed by atoms with E-state index in [9.17, 15) is 30.8 Å². The Morgan fingerprint density at radius 3 is 2.59 bits per heavy atom. The van der Waals surface area contributed by atoms with Gasteiger partial charge in [-0.1, -0.05) is 5.57 Å². The van der Waals surface area contributed by atoms with Crippen LogP contribution in [-0.4, -0.2) is 49.5 Å². The molecule has 0 aliphatic heterocycles. The Labute approximate surface area is 235 Å². The summed E-state index contributed by atoms with van der Waals surface area (Å²) < 4.78 is 82.7. The predicted octanol–water partition coefficient (Wildman–Crippen LogP) is 4.70. The number of benzene rings is 1. The number of halogens is 4. The van der Waals surface area contributed by atoms with Gasteiger partial charge in [-0.2, -0.15) is 18.3 Å². The number of allylic oxidation sites excluding steroid dienone is 1. The van der Waals surface area contributed by atoms with Gasteiger partial charge in [0.05, 0.1) is 34.9 Å². The Bertz CT molecular complexity index is 1790. The van der Waals surface area contributed by atoms with Crippen molar-refractivity contribution in [3.63, 3.8) is 0 Å². The molecule has 15 heteroatoms. The van der Waals surface area contributed by atoms with Crippen molar-refractivity contribution < 1.29 is 30.8 Å². The first-order chi connectivity index (χ1) is 19.4. The van der Waals surface area contributed by atoms with Crippen LogP contribution in [0.25, 0.3) is 11.8 Å². The molecule has 2 aliphatic carbocycles. The number of Topliss-reactive ketones (excluding diaryl/α,β-unsaturated/α-hetero) is 1. The number of thiazole rings is 1. The van der Waals surface area contributed by atoms with Gasteiger partial charge in [-0.15, -0.1) is 16.4 Å². The Hall–Kier alpha value is -3.72. The van der Waals surface area contributed by atoms with E-state index in [1.165, 1.54) is 23.1 Å². The number of fused-ring (bicyclic) bond motifs is 2. The second-order valence-electron chi connectivity index (χ2n) is 10.3. The van der Waals surface area contributed by atoms with E-state index in [-0.39, 0.29) is 40.1 Å². The maximum Gasteiger partial charge on any atom is 0.427 e. The Kier molecular flexibility index (Phi) is 6.48. The van der Waals surface area contributed by atoms with Gasteiger partial charge in [0.25, 0.3) is 5.16 Å². The number of aryl methyl sites for hydroxylation is 1. The van der Waals surface area contributed by atoms with E-state index in [0.29, 0.717) is 41.6 Å². The highest BCUT2D eigenvalue weighted by Crippen LogP contribution is 2.52. The SMILES string of the molecule is Cn1cnc(S(=O)(=O)CC2CCC3=Cc4c(cnn4-c4ccc(F)cc4)C[C@]3(C(=O)c3ncc(C(F)(F)F)s3)C2)n1. The number of carbonyl (C=O) groups excluding carboxylic acids is 1. The summed E-state index contributed by atoms with van der Waals surface area (Å²) in [6.45, 7) is 0. The van der Waals surface area contributed by atoms with Crippen LogP contribution < -0.4 is 0 Å². The number of carbonyl (C=O) groups is 1. The predicted molar refractivity (Wildman–Crippen MR) is 139 cm³/mol. The topological polar surface area (TPSA) is 113 Å². The van der Waals surface area contributed by atoms with E-state index >= 15 is 0 Å². The molecular formula is C26H22F4N6O3S2. The third-order valence-corrected chi connectivity index (χ3v) is 10.3. The van der Waals surface area contributed by atoms with Crippen LogP contribution >= 0.6 is 11.3 Å². The van der Waals surface area contributed by atoms with Crippen molar-refractivity contribution >= 4 is 33.0 Å². The maximum atomic E-state index is 14.1. The molecule has 4 aromatic rings. The molecule has 1 unspecified atom stereocenters. The summed E-state index contributed by atoms with van der Waals surface area (Å²) in [5.41, 5.74) is 1.30. The molecule has 0 N–H and O–H groups in total. The fourth-order valence-electron chi connectivity index (χ4n) is 5.70. The minimum atomic E-state index is -4.65. The van der Waals surface area contributed by atoms with E-state index in [0.717, 1.165) is 0 Å². The van der Waals surface area contributed by atoms with Gasteiger partial charge in [0.2, 0.25) is 15.6 Å². The van der Waals surface area contributed by atoms with Gasteiger partial charge in [-0.3, -0.25) is 9.48 Å². The zero-order valence-corrected chi connectivity index (χ0v) is 23.1. The molecule has 0 bridgehead atoms. The van der Waals surface area contributed by atoms with Crippen molar-refractivity contribution in [1.29, 1.82) is 0 Å². The Morgan fingerprint density at radius 1 is 1.17 bits per heavy atom. The lowest BCUT2D eigenvalue weighted by Crippen LogP contribution is -2.43. The first kappa shape index (κ1) is 27.4. The molecule has 1 aromatic carbocycles. The van der Waals surface area contributed by atoms with Crippen LogP contribution in [0.3, 0.4) is 0 Å². The zero-order valence-electron chi connectivity index (χ0n) is 21.5. The van der Waals surface area contributed by atoms with Crippen LogP contribution in [0.1, 0.15) is 45.2 Å². The molecule has 3 aromatic heterocycles. The summed E-state index contributed by atoms with van der Waals surface area (Å²) in [7, 11) is -2.34. The van der Waals surface area contributed by atoms with Gasteiger partial charge in [0, 0.05) is 7.05 Å². The Balaban J connectivity index is 1.40. The highest BCUT2D eigenvalue weighted by Gasteiger charge is 2.51. The summed E-state index contributed by atoms with van der Waals surface area (Å²) in [5, 5.41) is 7.75. The summed E-state index contributed by atoms with van der Waals surface area (Å²) in [4.78, 5) is 20.8. The number of rotatable bonds is 6. The number of sulfone groups is 1. The standard InChI is InChI=1S/C26H22F4N6O3S2/c1-35-14-32-24(34-35)41(38,39)13-15-2-3-17-8-20-16(11-33-36(20)19-6-4-18(27)5-7-19)10-25(17,9-15)22(37)23-31-12-21(40-23)26(28,29)30/h4-8,11-12,14-15H,2-3,9-10,13H2,1H3/t15?,25-/m1/s1. The lowest BCUT2D eigenvalue weighted by molar-refractivity contribution is -0.134. The average molecular weight is 607 g/mol. The number of hydrogen-bond acceptors (Lipinski definition) is 8. The molecule has 0 amide bonds. The fourth-order valence-corrected chi connectivity index (χ4v) is 8.04. The van der Waals surface area contributed by atoms with Gasteiger partial charge in [0.1, 0.15) is 17.0 Å². The molecule has 2 aliphatic rings. The Morgan fingerprint density at radius 2 is 1.93 bits per heavy atom. The molecule has 214 valence electrons. The second kappa shape index (κ2) is 9.69. The summed E-state index contributed by atoms with van der Waals surface area (Å²) in [6, 6.07) is 5.73. The van der Waals surface area contributed by atoms with Crippen molar-refractivity contribution in [3.05, 3.63) is 75.5 Å².